The third-order valence-corrected chi connectivity index (χ3v) is 7.57. The van der Waals surface area contributed by atoms with E-state index in [2.05, 4.69) is 105 Å². The van der Waals surface area contributed by atoms with E-state index in [9.17, 15) is 0 Å². The second kappa shape index (κ2) is 8.08. The molecule has 0 nitrogen and oxygen atoms in total. The Kier molecular flexibility index (Phi) is 5.23. The van der Waals surface area contributed by atoms with Crippen molar-refractivity contribution in [3.63, 3.8) is 0 Å². The zero-order valence-corrected chi connectivity index (χ0v) is 47.7. The predicted octanol–water partition coefficient (Wildman–Crippen LogP) is 8.29. The van der Waals surface area contributed by atoms with Crippen molar-refractivity contribution in [1.29, 1.82) is 0 Å². The van der Waals surface area contributed by atoms with Gasteiger partial charge in [-0.25, -0.2) is 0 Å². The third-order valence-electron chi connectivity index (χ3n) is 7.57. The minimum Gasteiger partial charge on any atom is -0.184 e. The van der Waals surface area contributed by atoms with Gasteiger partial charge < -0.3 is 0 Å². The molecule has 0 saturated carbocycles. The summed E-state index contributed by atoms with van der Waals surface area (Å²) < 4.78 is 0. The molecule has 1 aliphatic rings. The first-order valence-electron chi connectivity index (χ1n) is 11.9. The first-order chi connectivity index (χ1) is 16.7. The predicted molar refractivity (Wildman–Crippen MR) is 141 cm³/mol. The summed E-state index contributed by atoms with van der Waals surface area (Å²) in [6, 6.07) is 44.5. The Balaban J connectivity index is 0.000001000. The van der Waals surface area contributed by atoms with Crippen LogP contribution in [0, 0.1) is 26.0 Å². The molecule has 6 aromatic carbocycles. The Labute approximate surface area is 200 Å². The van der Waals surface area contributed by atoms with Crippen LogP contribution in [0.25, 0.3) is 32.7 Å². The van der Waals surface area contributed by atoms with Crippen LogP contribution >= 0.6 is 0 Å². The second-order valence-electron chi connectivity index (χ2n) is 9.60. The van der Waals surface area contributed by atoms with Crippen molar-refractivity contribution in [2.24, 2.45) is 0 Å². The van der Waals surface area contributed by atoms with Gasteiger partial charge in [0.1, 0.15) is 0 Å². The van der Waals surface area contributed by atoms with Gasteiger partial charge in [0.2, 0.25) is 0 Å². The van der Waals surface area contributed by atoms with E-state index >= 15 is 0 Å². The summed E-state index contributed by atoms with van der Waals surface area (Å²) in [5, 5.41) is 5.28. The molecule has 0 aromatic heterocycles. The normalized spacial score (nSPS) is 12.4. The standard InChI is InChI=1S/C34H23.4Rf/c1-22-13-15-28-24(17-22)19-25-20-31-29-16-14-23(2)18-32(29)34(33(31)21-30(25)28,26-9-5-3-6-10-26)27-11-7-4-8-12-27;;;;/h5-21H,1-2H3;;;;/q-3;;;;. The first-order valence-corrected chi connectivity index (χ1v) is 11.9. The monoisotopic (exact) mass is 1500 g/mol. The van der Waals surface area contributed by atoms with Gasteiger partial charge in [-0.15, -0.1) is 50.9 Å². The van der Waals surface area contributed by atoms with E-state index in [1.807, 2.05) is 24.3 Å². The van der Waals surface area contributed by atoms with Crippen molar-refractivity contribution in [1.82, 2.24) is 0 Å². The minimum atomic E-state index is -0.386. The summed E-state index contributed by atoms with van der Waals surface area (Å²) in [7, 11) is 0. The minimum absolute atomic E-state index is 0. The molecule has 0 saturated heterocycles. The zero-order valence-electron chi connectivity index (χ0n) is 22.1. The van der Waals surface area contributed by atoms with Crippen molar-refractivity contribution in [3.8, 4) is 11.1 Å². The number of hydrogen-bond donors (Lipinski definition) is 0. The molecule has 0 bridgehead atoms. The van der Waals surface area contributed by atoms with Gasteiger partial charge in [0.25, 0.3) is 0 Å². The molecule has 170 valence electrons. The van der Waals surface area contributed by atoms with E-state index in [1.54, 1.807) is 0 Å². The van der Waals surface area contributed by atoms with E-state index in [4.69, 9.17) is 0 Å². The topological polar surface area (TPSA) is 0 Å². The number of aryl methyl sites for hydroxylation is 2. The Morgan fingerprint density at radius 2 is 1.05 bits per heavy atom. The first kappa shape index (κ1) is 24.6. The van der Waals surface area contributed by atoms with Crippen LogP contribution in [0.3, 0.4) is 0 Å². The number of fused-ring (bicyclic) bond motifs is 6. The summed E-state index contributed by atoms with van der Waals surface area (Å²) in [5.41, 5.74) is 10.1. The van der Waals surface area contributed by atoms with Crippen molar-refractivity contribution >= 4 is 21.5 Å². The zero-order chi connectivity index (χ0) is 22.9. The van der Waals surface area contributed by atoms with Crippen LogP contribution in [0.5, 0.6) is 0 Å². The number of rotatable bonds is 2. The molecule has 1 aliphatic carbocycles. The average molecular weight is 1500 g/mol. The molecule has 0 N–H and O–H groups in total. The second-order valence-corrected chi connectivity index (χ2v) is 9.60. The molecule has 0 aliphatic heterocycles. The van der Waals surface area contributed by atoms with Crippen LogP contribution in [-0.4, -0.2) is 0 Å². The van der Waals surface area contributed by atoms with Gasteiger partial charge in [-0.2, -0.15) is 60.7 Å². The molecule has 4 heteroatoms. The van der Waals surface area contributed by atoms with Crippen LogP contribution in [0.4, 0.5) is 0 Å². The molecule has 6 aromatic rings. The molecule has 0 fully saturated rings. The summed E-state index contributed by atoms with van der Waals surface area (Å²) >= 11 is 0. The van der Waals surface area contributed by atoms with Crippen LogP contribution in [-0.2, 0) is 5.41 Å². The van der Waals surface area contributed by atoms with Gasteiger partial charge in [0.05, 0.1) is 0 Å². The molecular weight excluding hydrogens is 1480 g/mol. The van der Waals surface area contributed by atoms with Gasteiger partial charge in [-0.3, -0.25) is 0 Å². The fraction of sp³-hybridized carbons (Fsp3) is 0.0882. The van der Waals surface area contributed by atoms with Crippen LogP contribution in [0.15, 0.2) is 103 Å². The molecule has 0 spiro atoms. The van der Waals surface area contributed by atoms with E-state index < -0.39 is 0 Å². The van der Waals surface area contributed by atoms with Crippen LogP contribution < -0.4 is 0 Å². The Morgan fingerprint density at radius 3 is 1.68 bits per heavy atom. The summed E-state index contributed by atoms with van der Waals surface area (Å²) in [6.07, 6.45) is 0. The smallest absolute Gasteiger partial charge is 0.0261 e. The van der Waals surface area contributed by atoms with Crippen molar-refractivity contribution < 1.29 is 0 Å². The Hall–Kier alpha value is -8.03. The summed E-state index contributed by atoms with van der Waals surface area (Å²) in [5.74, 6) is 0. The maximum atomic E-state index is 3.23. The van der Waals surface area contributed by atoms with E-state index in [-0.39, 0.29) is 5.41 Å². The van der Waals surface area contributed by atoms with Gasteiger partial charge >= 0.3 is 0 Å². The Bertz CT molecular complexity index is 1680. The summed E-state index contributed by atoms with van der Waals surface area (Å²) in [6.45, 7) is 4.36. The van der Waals surface area contributed by atoms with Gasteiger partial charge in [-0.05, 0) is 36.1 Å². The quantitative estimate of drug-likeness (QED) is 0.153. The van der Waals surface area contributed by atoms with E-state index in [1.165, 1.54) is 66.1 Å². The molecule has 0 amide bonds. The van der Waals surface area contributed by atoms with Gasteiger partial charge in [-0.1, -0.05) is 47.5 Å². The number of benzene rings is 5. The summed E-state index contributed by atoms with van der Waals surface area (Å²) in [4.78, 5) is 0. The van der Waals surface area contributed by atoms with Crippen molar-refractivity contribution in [2.45, 2.75) is 19.3 Å². The molecule has 0 unspecified atom stereocenters. The van der Waals surface area contributed by atoms with Crippen molar-refractivity contribution in [2.75, 3.05) is 0 Å². The average Bonchev–Trinajstić information content (AvgIpc) is 3.35. The fourth-order valence-corrected chi connectivity index (χ4v) is 6.13. The van der Waals surface area contributed by atoms with Gasteiger partial charge in [0, 0.05) is 5.41 Å². The molecule has 7 rings (SSSR count). The van der Waals surface area contributed by atoms with Gasteiger partial charge in [0.15, 0.2) is 0 Å². The third kappa shape index (κ3) is 2.75. The van der Waals surface area contributed by atoms with Crippen molar-refractivity contribution in [3.05, 3.63) is 149 Å². The molecule has 38 heavy (non-hydrogen) atoms. The largest absolute Gasteiger partial charge is 0.184 e. The van der Waals surface area contributed by atoms with Crippen LogP contribution in [0.1, 0.15) is 33.4 Å². The maximum Gasteiger partial charge on any atom is 0.0261 e. The van der Waals surface area contributed by atoms with Crippen LogP contribution in [0.2, 0.25) is 0 Å². The molecule has 0 radical (unpaired) electrons. The SMILES string of the molecule is Cc1ccc2c(c1)C(c1cc[c-]cc1)(c1cc[c-]cc1)c1cc3c(cc1-2)[cH-]c1cc(C)ccc13.[Rf].[Rf].[Rf].[Rf]. The van der Waals surface area contributed by atoms with E-state index in [0.717, 1.165) is 0 Å². The molecule has 0 heterocycles. The molecular formula is C34H23Rf4-3. The van der Waals surface area contributed by atoms with E-state index in [0.29, 0.717) is 0 Å². The molecule has 0 atom stereocenters. The maximum absolute atomic E-state index is 3.23. The Morgan fingerprint density at radius 1 is 0.526 bits per heavy atom. The number of hydrogen-bond acceptors (Lipinski definition) is 0. The fourth-order valence-electron chi connectivity index (χ4n) is 6.13.